The maximum absolute atomic E-state index is 13.8. The van der Waals surface area contributed by atoms with Gasteiger partial charge in [0.2, 0.25) is 0 Å². The SMILES string of the molecule is CC(C)(C)OC(=O)N(C[C@@H]1C[C@H](SC(c2ccccc2)(c2ccccc2)c2ccccc2)CN1)c1ccc(CCc2ccc(F)cc2)c(C(=O)O)c1. The van der Waals surface area contributed by atoms with E-state index >= 15 is 0 Å². The molecule has 268 valence electrons. The van der Waals surface area contributed by atoms with Gasteiger partial charge in [0, 0.05) is 30.1 Å². The van der Waals surface area contributed by atoms with Gasteiger partial charge in [-0.2, -0.15) is 0 Å². The van der Waals surface area contributed by atoms with Crippen LogP contribution in [0.1, 0.15) is 65.4 Å². The number of ether oxygens (including phenoxy) is 1. The van der Waals surface area contributed by atoms with Crippen molar-refractivity contribution < 1.29 is 23.8 Å². The van der Waals surface area contributed by atoms with Crippen LogP contribution in [-0.2, 0) is 22.3 Å². The second-order valence-corrected chi connectivity index (χ2v) is 15.7. The van der Waals surface area contributed by atoms with E-state index in [0.29, 0.717) is 30.6 Å². The summed E-state index contributed by atoms with van der Waals surface area (Å²) in [7, 11) is 0. The Morgan fingerprint density at radius 3 is 1.88 bits per heavy atom. The van der Waals surface area contributed by atoms with E-state index in [2.05, 4.69) is 78.1 Å². The van der Waals surface area contributed by atoms with E-state index in [9.17, 15) is 19.1 Å². The minimum atomic E-state index is -1.07. The topological polar surface area (TPSA) is 78.9 Å². The Kier molecular flexibility index (Phi) is 11.5. The molecule has 1 aliphatic heterocycles. The van der Waals surface area contributed by atoms with Crippen LogP contribution >= 0.6 is 11.8 Å². The second kappa shape index (κ2) is 16.2. The minimum Gasteiger partial charge on any atom is -0.478 e. The van der Waals surface area contributed by atoms with Gasteiger partial charge in [0.05, 0.1) is 10.3 Å². The zero-order chi connectivity index (χ0) is 36.7. The molecule has 1 amide bonds. The molecule has 1 aliphatic rings. The molecule has 2 atom stereocenters. The van der Waals surface area contributed by atoms with Crippen molar-refractivity contribution in [3.8, 4) is 0 Å². The molecule has 0 spiro atoms. The van der Waals surface area contributed by atoms with Crippen molar-refractivity contribution in [3.05, 3.63) is 173 Å². The molecule has 0 bridgehead atoms. The van der Waals surface area contributed by atoms with Gasteiger partial charge in [0.25, 0.3) is 0 Å². The van der Waals surface area contributed by atoms with Crippen LogP contribution in [0.25, 0.3) is 0 Å². The molecule has 6 nitrogen and oxygen atoms in total. The Morgan fingerprint density at radius 1 is 0.808 bits per heavy atom. The largest absolute Gasteiger partial charge is 0.478 e. The lowest BCUT2D eigenvalue weighted by Gasteiger charge is -2.37. The molecule has 8 heteroatoms. The molecule has 6 rings (SSSR count). The van der Waals surface area contributed by atoms with Gasteiger partial charge in [-0.3, -0.25) is 4.90 Å². The third kappa shape index (κ3) is 8.75. The van der Waals surface area contributed by atoms with Crippen LogP contribution < -0.4 is 10.2 Å². The van der Waals surface area contributed by atoms with Crippen molar-refractivity contribution in [1.29, 1.82) is 0 Å². The van der Waals surface area contributed by atoms with Gasteiger partial charge < -0.3 is 15.2 Å². The number of aromatic carboxylic acids is 1. The van der Waals surface area contributed by atoms with E-state index in [1.165, 1.54) is 28.8 Å². The van der Waals surface area contributed by atoms with Crippen LogP contribution in [0, 0.1) is 5.82 Å². The normalized spacial score (nSPS) is 16.0. The fraction of sp³-hybridized carbons (Fsp3) is 0.273. The van der Waals surface area contributed by atoms with E-state index in [-0.39, 0.29) is 22.7 Å². The van der Waals surface area contributed by atoms with Gasteiger partial charge >= 0.3 is 12.1 Å². The number of hydrogen-bond acceptors (Lipinski definition) is 5. The Hall–Kier alpha value is -4.92. The molecular formula is C44H45FN2O4S. The minimum absolute atomic E-state index is 0.0727. The summed E-state index contributed by atoms with van der Waals surface area (Å²) >= 11 is 1.92. The summed E-state index contributed by atoms with van der Waals surface area (Å²) < 4.78 is 18.8. The first-order valence-corrected chi connectivity index (χ1v) is 18.6. The van der Waals surface area contributed by atoms with Crippen LogP contribution in [0.15, 0.2) is 133 Å². The smallest absolute Gasteiger partial charge is 0.414 e. The number of carboxylic acids is 1. The first kappa shape index (κ1) is 36.9. The lowest BCUT2D eigenvalue weighted by molar-refractivity contribution is 0.0575. The average molecular weight is 717 g/mol. The molecule has 0 saturated carbocycles. The van der Waals surface area contributed by atoms with Crippen molar-refractivity contribution in [2.45, 2.75) is 61.7 Å². The number of rotatable bonds is 12. The summed E-state index contributed by atoms with van der Waals surface area (Å²) in [6.45, 7) is 6.49. The summed E-state index contributed by atoms with van der Waals surface area (Å²) in [5.41, 5.74) is 4.96. The van der Waals surface area contributed by atoms with E-state index in [1.54, 1.807) is 35.2 Å². The summed E-state index contributed by atoms with van der Waals surface area (Å²) in [6, 6.07) is 43.1. The van der Waals surface area contributed by atoms with Crippen molar-refractivity contribution in [2.24, 2.45) is 0 Å². The highest BCUT2D eigenvalue weighted by Crippen LogP contribution is 2.51. The molecule has 5 aromatic carbocycles. The zero-order valence-electron chi connectivity index (χ0n) is 29.8. The van der Waals surface area contributed by atoms with Crippen molar-refractivity contribution in [2.75, 3.05) is 18.0 Å². The summed E-state index contributed by atoms with van der Waals surface area (Å²) in [5.74, 6) is -1.39. The summed E-state index contributed by atoms with van der Waals surface area (Å²) in [4.78, 5) is 27.9. The van der Waals surface area contributed by atoms with E-state index in [0.717, 1.165) is 18.5 Å². The summed E-state index contributed by atoms with van der Waals surface area (Å²) in [5, 5.41) is 14.1. The summed E-state index contributed by atoms with van der Waals surface area (Å²) in [6.07, 6.45) is 1.25. The molecule has 1 heterocycles. The molecule has 0 radical (unpaired) electrons. The molecule has 5 aromatic rings. The quantitative estimate of drug-likeness (QED) is 0.125. The number of carbonyl (C=O) groups excluding carboxylic acids is 1. The van der Waals surface area contributed by atoms with Gasteiger partial charge in [0.15, 0.2) is 0 Å². The third-order valence-electron chi connectivity index (χ3n) is 9.31. The number of nitrogens with one attached hydrogen (secondary N) is 1. The van der Waals surface area contributed by atoms with Crippen LogP contribution in [-0.4, -0.2) is 47.2 Å². The first-order valence-electron chi connectivity index (χ1n) is 17.7. The number of thioether (sulfide) groups is 1. The van der Waals surface area contributed by atoms with Crippen LogP contribution in [0.2, 0.25) is 0 Å². The van der Waals surface area contributed by atoms with E-state index < -0.39 is 22.4 Å². The molecule has 2 N–H and O–H groups in total. The monoisotopic (exact) mass is 716 g/mol. The number of halogens is 1. The molecule has 0 aliphatic carbocycles. The average Bonchev–Trinajstić information content (AvgIpc) is 3.59. The Balaban J connectivity index is 1.27. The molecular weight excluding hydrogens is 672 g/mol. The predicted molar refractivity (Wildman–Crippen MR) is 208 cm³/mol. The Bertz CT molecular complexity index is 1850. The lowest BCUT2D eigenvalue weighted by Crippen LogP contribution is -2.44. The van der Waals surface area contributed by atoms with Gasteiger partial charge in [-0.25, -0.2) is 14.0 Å². The highest BCUT2D eigenvalue weighted by Gasteiger charge is 2.42. The van der Waals surface area contributed by atoms with Crippen molar-refractivity contribution in [3.63, 3.8) is 0 Å². The van der Waals surface area contributed by atoms with Crippen LogP contribution in [0.3, 0.4) is 0 Å². The number of carbonyl (C=O) groups is 2. The maximum atomic E-state index is 13.8. The molecule has 0 aromatic heterocycles. The van der Waals surface area contributed by atoms with E-state index in [4.69, 9.17) is 4.74 Å². The van der Waals surface area contributed by atoms with Crippen LogP contribution in [0.4, 0.5) is 14.9 Å². The van der Waals surface area contributed by atoms with Crippen molar-refractivity contribution >= 4 is 29.5 Å². The number of anilines is 1. The van der Waals surface area contributed by atoms with Gasteiger partial charge in [-0.1, -0.05) is 109 Å². The van der Waals surface area contributed by atoms with Gasteiger partial charge in [-0.05, 0) is 92.1 Å². The number of benzene rings is 5. The number of nitrogens with zero attached hydrogens (tertiary/aromatic N) is 1. The fourth-order valence-electron chi connectivity index (χ4n) is 6.89. The predicted octanol–water partition coefficient (Wildman–Crippen LogP) is 9.51. The lowest BCUT2D eigenvalue weighted by atomic mass is 9.84. The number of hydrogen-bond donors (Lipinski definition) is 2. The third-order valence-corrected chi connectivity index (χ3v) is 11.1. The number of carboxylic acid groups (broad SMARTS) is 1. The van der Waals surface area contributed by atoms with Crippen LogP contribution in [0.5, 0.6) is 0 Å². The number of amides is 1. The highest BCUT2D eigenvalue weighted by atomic mass is 32.2. The molecule has 1 fully saturated rings. The second-order valence-electron chi connectivity index (χ2n) is 14.2. The molecule has 52 heavy (non-hydrogen) atoms. The molecule has 0 unspecified atom stereocenters. The van der Waals surface area contributed by atoms with Gasteiger partial charge in [-0.15, -0.1) is 11.8 Å². The van der Waals surface area contributed by atoms with Gasteiger partial charge in [0.1, 0.15) is 11.4 Å². The maximum Gasteiger partial charge on any atom is 0.414 e. The number of aryl methyl sites for hydroxylation is 2. The fourth-order valence-corrected chi connectivity index (χ4v) is 8.71. The molecule has 1 saturated heterocycles. The Labute approximate surface area is 310 Å². The standard InChI is InChI=1S/C44H45FN2O4S/c1-43(2,3)51-42(50)47(38-26-23-32(40(28-38)41(48)49)22-19-31-20-24-36(45)25-21-31)30-37-27-39(29-46-37)52-44(33-13-7-4-8-14-33,34-15-9-5-10-16-34)35-17-11-6-12-18-35/h4-18,20-21,23-26,28,37,39,46H,19,22,27,29-30H2,1-3H3,(H,48,49)/t37-,39-/m0/s1. The highest BCUT2D eigenvalue weighted by molar-refractivity contribution is 8.01. The van der Waals surface area contributed by atoms with E-state index in [1.807, 2.05) is 50.7 Å². The Morgan fingerprint density at radius 2 is 1.37 bits per heavy atom. The zero-order valence-corrected chi connectivity index (χ0v) is 30.6. The first-order chi connectivity index (χ1) is 25.0. The van der Waals surface area contributed by atoms with Crippen molar-refractivity contribution in [1.82, 2.24) is 5.32 Å².